The third kappa shape index (κ3) is 6.24. The Morgan fingerprint density at radius 2 is 1.88 bits per heavy atom. The molecule has 1 nitrogen and oxygen atoms in total. The molecule has 0 aromatic rings. The van der Waals surface area contributed by atoms with Crippen molar-refractivity contribution in [2.45, 2.75) is 76.1 Å². The van der Waals surface area contributed by atoms with Gasteiger partial charge in [0.25, 0.3) is 0 Å². The van der Waals surface area contributed by atoms with Gasteiger partial charge in [-0.15, -0.1) is 0 Å². The van der Waals surface area contributed by atoms with Crippen molar-refractivity contribution in [3.63, 3.8) is 0 Å². The molecular formula is C14H27BrO. The molecule has 0 heterocycles. The molecule has 0 bridgehead atoms. The summed E-state index contributed by atoms with van der Waals surface area (Å²) in [7, 11) is 0. The van der Waals surface area contributed by atoms with Crippen LogP contribution in [0.5, 0.6) is 0 Å². The van der Waals surface area contributed by atoms with Crippen molar-refractivity contribution in [1.29, 1.82) is 0 Å². The number of halogens is 1. The van der Waals surface area contributed by atoms with E-state index in [1.807, 2.05) is 0 Å². The van der Waals surface area contributed by atoms with Crippen molar-refractivity contribution >= 4 is 15.9 Å². The fourth-order valence-electron chi connectivity index (χ4n) is 2.31. The van der Waals surface area contributed by atoms with Gasteiger partial charge in [-0.25, -0.2) is 0 Å². The Morgan fingerprint density at radius 1 is 1.12 bits per heavy atom. The van der Waals surface area contributed by atoms with E-state index in [0.717, 1.165) is 12.5 Å². The van der Waals surface area contributed by atoms with Gasteiger partial charge in [0, 0.05) is 11.4 Å². The van der Waals surface area contributed by atoms with Crippen LogP contribution >= 0.6 is 15.9 Å². The van der Waals surface area contributed by atoms with Crippen molar-refractivity contribution in [2.75, 3.05) is 6.61 Å². The predicted molar refractivity (Wildman–Crippen MR) is 74.2 cm³/mol. The zero-order valence-electron chi connectivity index (χ0n) is 10.9. The van der Waals surface area contributed by atoms with Crippen LogP contribution in [0.15, 0.2) is 0 Å². The summed E-state index contributed by atoms with van der Waals surface area (Å²) < 4.78 is 6.01. The number of rotatable bonds is 6. The van der Waals surface area contributed by atoms with Crippen LogP contribution in [-0.2, 0) is 4.74 Å². The van der Waals surface area contributed by atoms with Gasteiger partial charge < -0.3 is 4.74 Å². The van der Waals surface area contributed by atoms with Gasteiger partial charge in [-0.3, -0.25) is 0 Å². The Hall–Kier alpha value is 0.440. The largest absolute Gasteiger partial charge is 0.377 e. The van der Waals surface area contributed by atoms with Gasteiger partial charge in [-0.1, -0.05) is 61.9 Å². The zero-order valence-corrected chi connectivity index (χ0v) is 12.5. The monoisotopic (exact) mass is 290 g/mol. The maximum atomic E-state index is 6.01. The molecule has 2 heteroatoms. The van der Waals surface area contributed by atoms with Gasteiger partial charge in [-0.2, -0.15) is 0 Å². The van der Waals surface area contributed by atoms with Gasteiger partial charge >= 0.3 is 0 Å². The first-order chi connectivity index (χ1) is 7.70. The average Bonchev–Trinajstić information content (AvgIpc) is 2.43. The minimum atomic E-state index is 0.474. The maximum absolute atomic E-state index is 6.01. The van der Waals surface area contributed by atoms with Crippen molar-refractivity contribution in [3.05, 3.63) is 0 Å². The van der Waals surface area contributed by atoms with Crippen LogP contribution in [0.1, 0.15) is 65.2 Å². The molecule has 0 spiro atoms. The van der Waals surface area contributed by atoms with Crippen molar-refractivity contribution in [1.82, 2.24) is 0 Å². The van der Waals surface area contributed by atoms with Crippen LogP contribution < -0.4 is 0 Å². The van der Waals surface area contributed by atoms with Crippen LogP contribution in [0.4, 0.5) is 0 Å². The van der Waals surface area contributed by atoms with E-state index in [2.05, 4.69) is 29.8 Å². The van der Waals surface area contributed by atoms with Gasteiger partial charge in [0.05, 0.1) is 6.10 Å². The summed E-state index contributed by atoms with van der Waals surface area (Å²) in [5.74, 6) is 0.835. The summed E-state index contributed by atoms with van der Waals surface area (Å²) in [5.41, 5.74) is 0. The van der Waals surface area contributed by atoms with E-state index >= 15 is 0 Å². The summed E-state index contributed by atoms with van der Waals surface area (Å²) in [6.07, 6.45) is 11.0. The summed E-state index contributed by atoms with van der Waals surface area (Å²) in [6.45, 7) is 5.54. The molecule has 0 radical (unpaired) electrons. The van der Waals surface area contributed by atoms with Crippen molar-refractivity contribution in [2.24, 2.45) is 5.92 Å². The normalized spacial score (nSPS) is 27.0. The second kappa shape index (κ2) is 8.52. The molecule has 2 atom stereocenters. The molecule has 16 heavy (non-hydrogen) atoms. The van der Waals surface area contributed by atoms with Gasteiger partial charge in [-0.05, 0) is 25.2 Å². The van der Waals surface area contributed by atoms with Crippen molar-refractivity contribution < 1.29 is 4.74 Å². The minimum absolute atomic E-state index is 0.474. The quantitative estimate of drug-likeness (QED) is 0.383. The van der Waals surface area contributed by atoms with E-state index in [1.54, 1.807) is 0 Å². The molecule has 0 saturated heterocycles. The lowest BCUT2D eigenvalue weighted by atomic mass is 10.1. The molecule has 1 rings (SSSR count). The highest BCUT2D eigenvalue weighted by molar-refractivity contribution is 9.09. The molecule has 2 unspecified atom stereocenters. The van der Waals surface area contributed by atoms with Crippen LogP contribution in [0.2, 0.25) is 0 Å². The molecule has 0 aromatic heterocycles. The molecular weight excluding hydrogens is 264 g/mol. The summed E-state index contributed by atoms with van der Waals surface area (Å²) in [4.78, 5) is 0.597. The SMILES string of the molecule is CC(C)CCCCOC1CCCCCC1Br. The summed E-state index contributed by atoms with van der Waals surface area (Å²) >= 11 is 3.77. The van der Waals surface area contributed by atoms with Gasteiger partial charge in [0.2, 0.25) is 0 Å². The molecule has 0 aliphatic heterocycles. The second-order valence-electron chi connectivity index (χ2n) is 5.45. The predicted octanol–water partition coefficient (Wildman–Crippen LogP) is 4.93. The van der Waals surface area contributed by atoms with Crippen LogP contribution in [-0.4, -0.2) is 17.5 Å². The van der Waals surface area contributed by atoms with E-state index < -0.39 is 0 Å². The number of alkyl halides is 1. The zero-order chi connectivity index (χ0) is 11.8. The number of hydrogen-bond donors (Lipinski definition) is 0. The van der Waals surface area contributed by atoms with E-state index in [-0.39, 0.29) is 0 Å². The fraction of sp³-hybridized carbons (Fsp3) is 1.00. The first kappa shape index (κ1) is 14.5. The minimum Gasteiger partial charge on any atom is -0.377 e. The van der Waals surface area contributed by atoms with Crippen molar-refractivity contribution in [3.8, 4) is 0 Å². The van der Waals surface area contributed by atoms with E-state index in [0.29, 0.717) is 10.9 Å². The van der Waals surface area contributed by atoms with E-state index in [9.17, 15) is 0 Å². The highest BCUT2D eigenvalue weighted by Crippen LogP contribution is 2.26. The van der Waals surface area contributed by atoms with Gasteiger partial charge in [0.1, 0.15) is 0 Å². The molecule has 1 saturated carbocycles. The number of hydrogen-bond acceptors (Lipinski definition) is 1. The Labute approximate surface area is 109 Å². The van der Waals surface area contributed by atoms with Crippen LogP contribution in [0.25, 0.3) is 0 Å². The Balaban J connectivity index is 2.06. The second-order valence-corrected chi connectivity index (χ2v) is 6.63. The molecule has 0 aromatic carbocycles. The lowest BCUT2D eigenvalue weighted by molar-refractivity contribution is 0.0456. The Morgan fingerprint density at radius 3 is 2.62 bits per heavy atom. The van der Waals surface area contributed by atoms with E-state index in [1.165, 1.54) is 51.4 Å². The van der Waals surface area contributed by atoms with Crippen LogP contribution in [0, 0.1) is 5.92 Å². The maximum Gasteiger partial charge on any atom is 0.0700 e. The molecule has 1 aliphatic carbocycles. The summed E-state index contributed by atoms with van der Waals surface area (Å²) in [5, 5.41) is 0. The average molecular weight is 291 g/mol. The lowest BCUT2D eigenvalue weighted by Gasteiger charge is -2.20. The van der Waals surface area contributed by atoms with Crippen LogP contribution in [0.3, 0.4) is 0 Å². The van der Waals surface area contributed by atoms with Gasteiger partial charge in [0.15, 0.2) is 0 Å². The smallest absolute Gasteiger partial charge is 0.0700 e. The lowest BCUT2D eigenvalue weighted by Crippen LogP contribution is -2.23. The molecule has 1 aliphatic rings. The Bertz CT molecular complexity index is 170. The number of unbranched alkanes of at least 4 members (excludes halogenated alkanes) is 1. The van der Waals surface area contributed by atoms with E-state index in [4.69, 9.17) is 4.74 Å². The summed E-state index contributed by atoms with van der Waals surface area (Å²) in [6, 6.07) is 0. The molecule has 0 N–H and O–H groups in total. The topological polar surface area (TPSA) is 9.23 Å². The third-order valence-electron chi connectivity index (χ3n) is 3.38. The highest BCUT2D eigenvalue weighted by atomic mass is 79.9. The first-order valence-electron chi connectivity index (χ1n) is 6.96. The molecule has 1 fully saturated rings. The Kier molecular flexibility index (Phi) is 7.72. The molecule has 96 valence electrons. The third-order valence-corrected chi connectivity index (χ3v) is 4.43. The highest BCUT2D eigenvalue weighted by Gasteiger charge is 2.21. The first-order valence-corrected chi connectivity index (χ1v) is 7.87. The fourth-order valence-corrected chi connectivity index (χ4v) is 3.05. The standard InChI is InChI=1S/C14H27BrO/c1-12(2)8-6-7-11-16-14-10-5-3-4-9-13(14)15/h12-14H,3-11H2,1-2H3. The molecule has 0 amide bonds. The number of ether oxygens (including phenoxy) is 1.